The lowest BCUT2D eigenvalue weighted by Crippen LogP contribution is -2.13. The second-order valence-electron chi connectivity index (χ2n) is 7.02. The highest BCUT2D eigenvalue weighted by molar-refractivity contribution is 7.18. The molecule has 10 heteroatoms. The molecule has 4 aromatic rings. The molecule has 0 bridgehead atoms. The van der Waals surface area contributed by atoms with E-state index >= 15 is 0 Å². The fourth-order valence-electron chi connectivity index (χ4n) is 3.04. The van der Waals surface area contributed by atoms with E-state index in [0.717, 1.165) is 16.9 Å². The number of rotatable bonds is 7. The van der Waals surface area contributed by atoms with Crippen LogP contribution < -0.4 is 5.32 Å². The first-order chi connectivity index (χ1) is 17.0. The molecule has 1 N–H and O–H groups in total. The molecule has 4 rings (SSSR count). The molecule has 0 aliphatic rings. The molecule has 0 unspecified atom stereocenters. The highest BCUT2D eigenvalue weighted by Gasteiger charge is 2.16. The fraction of sp³-hybridized carbons (Fsp3) is 0.0800. The van der Waals surface area contributed by atoms with Gasteiger partial charge in [0.2, 0.25) is 5.13 Å². The van der Waals surface area contributed by atoms with E-state index in [-0.39, 0.29) is 10.7 Å². The Morgan fingerprint density at radius 3 is 2.63 bits per heavy atom. The van der Waals surface area contributed by atoms with Crippen LogP contribution in [-0.4, -0.2) is 28.7 Å². The number of amides is 1. The molecule has 0 fully saturated rings. The second kappa shape index (κ2) is 10.8. The normalized spacial score (nSPS) is 11.1. The number of nitrogens with one attached hydrogen (secondary N) is 1. The average molecular weight is 505 g/mol. The zero-order valence-electron chi connectivity index (χ0n) is 18.3. The van der Waals surface area contributed by atoms with E-state index in [2.05, 4.69) is 15.5 Å². The Hall–Kier alpha value is -4.26. The molecule has 0 atom stereocenters. The number of halogens is 1. The Kier molecular flexibility index (Phi) is 7.35. The largest absolute Gasteiger partial charge is 0.462 e. The van der Waals surface area contributed by atoms with Gasteiger partial charge in [0, 0.05) is 17.2 Å². The summed E-state index contributed by atoms with van der Waals surface area (Å²) < 4.78 is 10.7. The van der Waals surface area contributed by atoms with Crippen molar-refractivity contribution in [3.63, 3.8) is 0 Å². The predicted molar refractivity (Wildman–Crippen MR) is 133 cm³/mol. The molecule has 1 amide bonds. The summed E-state index contributed by atoms with van der Waals surface area (Å²) in [5.74, 6) is -0.222. The van der Waals surface area contributed by atoms with Gasteiger partial charge in [0.15, 0.2) is 5.01 Å². The molecule has 0 spiro atoms. The van der Waals surface area contributed by atoms with E-state index in [1.54, 1.807) is 61.5 Å². The zero-order valence-corrected chi connectivity index (χ0v) is 19.9. The third-order valence-corrected chi connectivity index (χ3v) is 5.91. The van der Waals surface area contributed by atoms with Gasteiger partial charge in [0.05, 0.1) is 17.2 Å². The van der Waals surface area contributed by atoms with Gasteiger partial charge in [-0.3, -0.25) is 10.1 Å². The van der Waals surface area contributed by atoms with E-state index in [1.807, 2.05) is 12.1 Å². The van der Waals surface area contributed by atoms with Crippen LogP contribution in [0.4, 0.5) is 5.13 Å². The van der Waals surface area contributed by atoms with Crippen molar-refractivity contribution in [2.24, 2.45) is 0 Å². The van der Waals surface area contributed by atoms with Crippen LogP contribution in [0.2, 0.25) is 5.02 Å². The first kappa shape index (κ1) is 23.9. The van der Waals surface area contributed by atoms with Gasteiger partial charge in [-0.25, -0.2) is 4.79 Å². The number of carbonyl (C=O) groups excluding carboxylic acids is 2. The van der Waals surface area contributed by atoms with Crippen LogP contribution in [0, 0.1) is 11.3 Å². The second-order valence-corrected chi connectivity index (χ2v) is 8.40. The monoisotopic (exact) mass is 504 g/mol. The molecule has 2 aromatic carbocycles. The van der Waals surface area contributed by atoms with Gasteiger partial charge >= 0.3 is 5.97 Å². The number of benzene rings is 2. The van der Waals surface area contributed by atoms with Crippen LogP contribution >= 0.6 is 22.9 Å². The van der Waals surface area contributed by atoms with Crippen LogP contribution in [0.15, 0.2) is 70.7 Å². The Labute approximate surface area is 209 Å². The summed E-state index contributed by atoms with van der Waals surface area (Å²) in [7, 11) is 0. The molecule has 2 aromatic heterocycles. The maximum absolute atomic E-state index is 12.6. The summed E-state index contributed by atoms with van der Waals surface area (Å²) in [6, 6.07) is 19.1. The highest BCUT2D eigenvalue weighted by atomic mass is 35.5. The number of hydrogen-bond acceptors (Lipinski definition) is 8. The van der Waals surface area contributed by atoms with Crippen molar-refractivity contribution in [1.29, 1.82) is 5.26 Å². The minimum atomic E-state index is -0.647. The molecule has 0 saturated heterocycles. The van der Waals surface area contributed by atoms with E-state index in [4.69, 9.17) is 20.8 Å². The number of nitrogens with zero attached hydrogens (tertiary/aromatic N) is 3. The minimum Gasteiger partial charge on any atom is -0.462 e. The van der Waals surface area contributed by atoms with Gasteiger partial charge in [-0.05, 0) is 37.3 Å². The highest BCUT2D eigenvalue weighted by Crippen LogP contribution is 2.32. The van der Waals surface area contributed by atoms with Crippen LogP contribution in [0.1, 0.15) is 23.0 Å². The smallest absolute Gasteiger partial charge is 0.338 e. The SMILES string of the molecule is CCOC(=O)c1ccc(-c2ccc(/C=C(/C#N)C(=O)Nc3nnc(-c4ccccc4Cl)s3)o2)cc1. The van der Waals surface area contributed by atoms with Crippen molar-refractivity contribution in [1.82, 2.24) is 10.2 Å². The maximum Gasteiger partial charge on any atom is 0.338 e. The molecule has 8 nitrogen and oxygen atoms in total. The molecule has 0 saturated carbocycles. The third-order valence-electron chi connectivity index (χ3n) is 4.71. The standard InChI is InChI=1S/C25H17ClN4O4S/c1-2-33-24(32)16-9-7-15(8-10-16)21-12-11-18(34-21)13-17(14-27)22(31)28-25-30-29-23(35-25)19-5-3-4-6-20(19)26/h3-13H,2H2,1H3,(H,28,30,31)/b17-13-. The van der Waals surface area contributed by atoms with Crippen molar-refractivity contribution in [2.75, 3.05) is 11.9 Å². The lowest BCUT2D eigenvalue weighted by Gasteiger charge is -2.02. The van der Waals surface area contributed by atoms with Crippen molar-refractivity contribution < 1.29 is 18.7 Å². The Balaban J connectivity index is 1.47. The summed E-state index contributed by atoms with van der Waals surface area (Å²) in [5.41, 5.74) is 1.68. The molecular formula is C25H17ClN4O4S. The lowest BCUT2D eigenvalue weighted by atomic mass is 10.1. The summed E-state index contributed by atoms with van der Waals surface area (Å²) in [5, 5.41) is 21.4. The molecule has 2 heterocycles. The summed E-state index contributed by atoms with van der Waals surface area (Å²) in [4.78, 5) is 24.4. The van der Waals surface area contributed by atoms with Crippen LogP contribution in [-0.2, 0) is 9.53 Å². The van der Waals surface area contributed by atoms with E-state index in [1.165, 1.54) is 6.08 Å². The van der Waals surface area contributed by atoms with Crippen molar-refractivity contribution in [3.8, 4) is 28.0 Å². The van der Waals surface area contributed by atoms with Crippen LogP contribution in [0.3, 0.4) is 0 Å². The minimum absolute atomic E-state index is 0.168. The molecule has 0 aliphatic heterocycles. The van der Waals surface area contributed by atoms with Gasteiger partial charge in [0.25, 0.3) is 5.91 Å². The lowest BCUT2D eigenvalue weighted by molar-refractivity contribution is -0.112. The number of carbonyl (C=O) groups is 2. The van der Waals surface area contributed by atoms with Crippen LogP contribution in [0.5, 0.6) is 0 Å². The predicted octanol–water partition coefficient (Wildman–Crippen LogP) is 5.84. The van der Waals surface area contributed by atoms with Gasteiger partial charge in [-0.2, -0.15) is 5.26 Å². The van der Waals surface area contributed by atoms with Gasteiger partial charge in [-0.1, -0.05) is 53.3 Å². The zero-order chi connectivity index (χ0) is 24.8. The molecule has 35 heavy (non-hydrogen) atoms. The number of nitriles is 1. The van der Waals surface area contributed by atoms with Gasteiger partial charge in [-0.15, -0.1) is 10.2 Å². The topological polar surface area (TPSA) is 118 Å². The first-order valence-corrected chi connectivity index (χ1v) is 11.6. The molecular weight excluding hydrogens is 488 g/mol. The van der Waals surface area contributed by atoms with Crippen LogP contribution in [0.25, 0.3) is 28.0 Å². The maximum atomic E-state index is 12.6. The molecule has 174 valence electrons. The van der Waals surface area contributed by atoms with Gasteiger partial charge < -0.3 is 9.15 Å². The number of hydrogen-bond donors (Lipinski definition) is 1. The summed E-state index contributed by atoms with van der Waals surface area (Å²) >= 11 is 7.32. The van der Waals surface area contributed by atoms with Crippen molar-refractivity contribution in [3.05, 3.63) is 82.6 Å². The Morgan fingerprint density at radius 2 is 1.91 bits per heavy atom. The number of anilines is 1. The van der Waals surface area contributed by atoms with Crippen molar-refractivity contribution in [2.45, 2.75) is 6.92 Å². The summed E-state index contributed by atoms with van der Waals surface area (Å²) in [6.45, 7) is 2.04. The molecule has 0 aliphatic carbocycles. The number of esters is 1. The van der Waals surface area contributed by atoms with Crippen molar-refractivity contribution >= 4 is 46.0 Å². The first-order valence-electron chi connectivity index (χ1n) is 10.4. The van der Waals surface area contributed by atoms with E-state index in [9.17, 15) is 14.9 Å². The Bertz CT molecular complexity index is 1450. The molecule has 0 radical (unpaired) electrons. The summed E-state index contributed by atoms with van der Waals surface area (Å²) in [6.07, 6.45) is 1.34. The average Bonchev–Trinajstić information content (AvgIpc) is 3.53. The number of aromatic nitrogens is 2. The quantitative estimate of drug-likeness (QED) is 0.191. The van der Waals surface area contributed by atoms with E-state index < -0.39 is 11.9 Å². The number of ether oxygens (including phenoxy) is 1. The third kappa shape index (κ3) is 5.63. The van der Waals surface area contributed by atoms with E-state index in [0.29, 0.717) is 39.3 Å². The Morgan fingerprint density at radius 1 is 1.14 bits per heavy atom. The van der Waals surface area contributed by atoms with Gasteiger partial charge in [0.1, 0.15) is 23.2 Å². The number of furan rings is 1. The fourth-order valence-corrected chi connectivity index (χ4v) is 4.10.